The van der Waals surface area contributed by atoms with Crippen molar-refractivity contribution < 1.29 is 9.26 Å². The molecule has 1 aliphatic rings. The Morgan fingerprint density at radius 3 is 2.95 bits per heavy atom. The Balaban J connectivity index is 1.66. The third kappa shape index (κ3) is 3.47. The van der Waals surface area contributed by atoms with E-state index < -0.39 is 0 Å². The first-order chi connectivity index (χ1) is 10.2. The lowest BCUT2D eigenvalue weighted by molar-refractivity contribution is -0.0264. The van der Waals surface area contributed by atoms with Gasteiger partial charge in [-0.3, -0.25) is 0 Å². The van der Waals surface area contributed by atoms with Gasteiger partial charge in [0, 0.05) is 13.1 Å². The van der Waals surface area contributed by atoms with Gasteiger partial charge in [-0.2, -0.15) is 4.98 Å². The molecule has 0 amide bonds. The number of benzene rings is 1. The van der Waals surface area contributed by atoms with Crippen molar-refractivity contribution in [1.82, 2.24) is 15.0 Å². The summed E-state index contributed by atoms with van der Waals surface area (Å²) in [6.45, 7) is 2.38. The van der Waals surface area contributed by atoms with E-state index in [4.69, 9.17) is 15.0 Å². The molecule has 1 aliphatic heterocycles. The van der Waals surface area contributed by atoms with Crippen molar-refractivity contribution in [2.24, 2.45) is 5.73 Å². The minimum absolute atomic E-state index is 0.134. The van der Waals surface area contributed by atoms with Gasteiger partial charge in [0.05, 0.1) is 12.6 Å². The van der Waals surface area contributed by atoms with E-state index in [0.29, 0.717) is 24.7 Å². The summed E-state index contributed by atoms with van der Waals surface area (Å²) in [7, 11) is 2.05. The molecule has 1 unspecified atom stereocenters. The standard InChI is InChI=1S/C15H20N4O2/c1-19-7-8-20-13(10-19)14-17-15(21-18-14)12(16)9-11-5-3-2-4-6-11/h2-6,12-13H,7-10,16H2,1H3/t12-,13?/m0/s1. The van der Waals surface area contributed by atoms with Crippen LogP contribution in [0.15, 0.2) is 34.9 Å². The SMILES string of the molecule is CN1CCOC(c2noc([C@@H](N)Cc3ccccc3)n2)C1. The fourth-order valence-corrected chi connectivity index (χ4v) is 2.42. The lowest BCUT2D eigenvalue weighted by Crippen LogP contribution is -2.35. The molecule has 2 N–H and O–H groups in total. The van der Waals surface area contributed by atoms with Gasteiger partial charge in [0.2, 0.25) is 11.7 Å². The van der Waals surface area contributed by atoms with Crippen LogP contribution in [0.1, 0.15) is 29.4 Å². The summed E-state index contributed by atoms with van der Waals surface area (Å²) >= 11 is 0. The quantitative estimate of drug-likeness (QED) is 0.914. The van der Waals surface area contributed by atoms with Crippen LogP contribution in [-0.2, 0) is 11.2 Å². The number of ether oxygens (including phenoxy) is 1. The largest absolute Gasteiger partial charge is 0.367 e. The average Bonchev–Trinajstić information content (AvgIpc) is 2.98. The van der Waals surface area contributed by atoms with E-state index in [1.807, 2.05) is 30.3 Å². The van der Waals surface area contributed by atoms with Crippen molar-refractivity contribution in [3.05, 3.63) is 47.6 Å². The highest BCUT2D eigenvalue weighted by Crippen LogP contribution is 2.21. The number of hydrogen-bond donors (Lipinski definition) is 1. The number of aromatic nitrogens is 2. The van der Waals surface area contributed by atoms with Crippen molar-refractivity contribution in [2.75, 3.05) is 26.7 Å². The number of rotatable bonds is 4. The predicted molar refractivity (Wildman–Crippen MR) is 77.6 cm³/mol. The molecule has 2 atom stereocenters. The first kappa shape index (κ1) is 14.2. The maximum Gasteiger partial charge on any atom is 0.243 e. The topological polar surface area (TPSA) is 77.4 Å². The van der Waals surface area contributed by atoms with Crippen LogP contribution in [0.2, 0.25) is 0 Å². The second kappa shape index (κ2) is 6.34. The smallest absolute Gasteiger partial charge is 0.243 e. The molecule has 3 rings (SSSR count). The summed E-state index contributed by atoms with van der Waals surface area (Å²) in [6, 6.07) is 9.75. The van der Waals surface area contributed by atoms with E-state index in [1.54, 1.807) is 0 Å². The molecule has 0 saturated carbocycles. The van der Waals surface area contributed by atoms with Crippen molar-refractivity contribution in [3.8, 4) is 0 Å². The van der Waals surface area contributed by atoms with Crippen LogP contribution in [0.25, 0.3) is 0 Å². The number of hydrogen-bond acceptors (Lipinski definition) is 6. The van der Waals surface area contributed by atoms with Gasteiger partial charge in [-0.1, -0.05) is 35.5 Å². The van der Waals surface area contributed by atoms with Crippen molar-refractivity contribution in [1.29, 1.82) is 0 Å². The van der Waals surface area contributed by atoms with Gasteiger partial charge in [-0.05, 0) is 19.0 Å². The Bertz CT molecular complexity index is 572. The van der Waals surface area contributed by atoms with Gasteiger partial charge in [0.15, 0.2) is 0 Å². The van der Waals surface area contributed by atoms with Gasteiger partial charge >= 0.3 is 0 Å². The first-order valence-electron chi connectivity index (χ1n) is 7.15. The summed E-state index contributed by atoms with van der Waals surface area (Å²) in [6.07, 6.45) is 0.540. The molecule has 0 spiro atoms. The maximum absolute atomic E-state index is 6.15. The lowest BCUT2D eigenvalue weighted by Gasteiger charge is -2.27. The lowest BCUT2D eigenvalue weighted by atomic mass is 10.1. The zero-order chi connectivity index (χ0) is 14.7. The van der Waals surface area contributed by atoms with Crippen LogP contribution in [0, 0.1) is 0 Å². The molecule has 1 fully saturated rings. The zero-order valence-corrected chi connectivity index (χ0v) is 12.1. The fourth-order valence-electron chi connectivity index (χ4n) is 2.42. The number of likely N-dealkylation sites (N-methyl/N-ethyl adjacent to an activating group) is 1. The molecule has 0 radical (unpaired) electrons. The van der Waals surface area contributed by atoms with Crippen LogP contribution in [0.4, 0.5) is 0 Å². The highest BCUT2D eigenvalue weighted by molar-refractivity contribution is 5.16. The van der Waals surface area contributed by atoms with Gasteiger partial charge in [-0.15, -0.1) is 0 Å². The van der Waals surface area contributed by atoms with E-state index in [2.05, 4.69) is 22.1 Å². The molecule has 1 saturated heterocycles. The van der Waals surface area contributed by atoms with Gasteiger partial charge in [0.1, 0.15) is 6.10 Å². The highest BCUT2D eigenvalue weighted by atomic mass is 16.5. The minimum Gasteiger partial charge on any atom is -0.367 e. The van der Waals surface area contributed by atoms with Crippen LogP contribution in [0.3, 0.4) is 0 Å². The molecule has 2 heterocycles. The van der Waals surface area contributed by atoms with E-state index in [9.17, 15) is 0 Å². The van der Waals surface area contributed by atoms with Crippen LogP contribution in [0.5, 0.6) is 0 Å². The zero-order valence-electron chi connectivity index (χ0n) is 12.1. The number of nitrogens with zero attached hydrogens (tertiary/aromatic N) is 3. The number of nitrogens with two attached hydrogens (primary N) is 1. The molecule has 6 nitrogen and oxygen atoms in total. The Morgan fingerprint density at radius 1 is 1.38 bits per heavy atom. The van der Waals surface area contributed by atoms with E-state index in [1.165, 1.54) is 0 Å². The van der Waals surface area contributed by atoms with Crippen LogP contribution >= 0.6 is 0 Å². The van der Waals surface area contributed by atoms with Crippen LogP contribution < -0.4 is 5.73 Å². The predicted octanol–water partition coefficient (Wildman–Crippen LogP) is 1.32. The van der Waals surface area contributed by atoms with Crippen molar-refractivity contribution >= 4 is 0 Å². The molecule has 112 valence electrons. The molecule has 6 heteroatoms. The molecule has 0 bridgehead atoms. The Labute approximate surface area is 123 Å². The summed E-state index contributed by atoms with van der Waals surface area (Å²) < 4.78 is 11.0. The molecular formula is C15H20N4O2. The van der Waals surface area contributed by atoms with E-state index in [-0.39, 0.29) is 12.1 Å². The second-order valence-corrected chi connectivity index (χ2v) is 5.41. The summed E-state index contributed by atoms with van der Waals surface area (Å²) in [5, 5.41) is 4.02. The van der Waals surface area contributed by atoms with Gasteiger partial charge < -0.3 is 19.9 Å². The van der Waals surface area contributed by atoms with Crippen molar-refractivity contribution in [3.63, 3.8) is 0 Å². The Morgan fingerprint density at radius 2 is 2.19 bits per heavy atom. The summed E-state index contributed by atoms with van der Waals surface area (Å²) in [5.74, 6) is 1.05. The molecule has 2 aromatic rings. The van der Waals surface area contributed by atoms with Gasteiger partial charge in [0.25, 0.3) is 0 Å². The third-order valence-electron chi connectivity index (χ3n) is 3.63. The minimum atomic E-state index is -0.296. The third-order valence-corrected chi connectivity index (χ3v) is 3.63. The normalized spacial score (nSPS) is 21.3. The van der Waals surface area contributed by atoms with Crippen LogP contribution in [-0.4, -0.2) is 41.8 Å². The average molecular weight is 288 g/mol. The monoisotopic (exact) mass is 288 g/mol. The fraction of sp³-hybridized carbons (Fsp3) is 0.467. The Kier molecular flexibility index (Phi) is 4.28. The maximum atomic E-state index is 6.15. The van der Waals surface area contributed by atoms with E-state index in [0.717, 1.165) is 18.7 Å². The highest BCUT2D eigenvalue weighted by Gasteiger charge is 2.25. The number of morpholine rings is 1. The first-order valence-corrected chi connectivity index (χ1v) is 7.15. The van der Waals surface area contributed by atoms with Gasteiger partial charge in [-0.25, -0.2) is 0 Å². The van der Waals surface area contributed by atoms with E-state index >= 15 is 0 Å². The molecule has 1 aromatic heterocycles. The molecule has 0 aliphatic carbocycles. The second-order valence-electron chi connectivity index (χ2n) is 5.41. The Hall–Kier alpha value is -1.76. The summed E-state index contributed by atoms with van der Waals surface area (Å²) in [4.78, 5) is 6.60. The summed E-state index contributed by atoms with van der Waals surface area (Å²) in [5.41, 5.74) is 7.30. The molecular weight excluding hydrogens is 268 g/mol. The van der Waals surface area contributed by atoms with Crippen molar-refractivity contribution in [2.45, 2.75) is 18.6 Å². The molecule has 21 heavy (non-hydrogen) atoms. The molecule has 1 aromatic carbocycles.